The highest BCUT2D eigenvalue weighted by Gasteiger charge is 2.41. The Bertz CT molecular complexity index is 892. The molecule has 0 saturated carbocycles. The van der Waals surface area contributed by atoms with Gasteiger partial charge in [0.25, 0.3) is 0 Å². The van der Waals surface area contributed by atoms with Crippen molar-refractivity contribution in [3.8, 4) is 17.4 Å². The molecule has 1 aromatic carbocycles. The molecule has 4 N–H and O–H groups in total. The van der Waals surface area contributed by atoms with E-state index >= 15 is 0 Å². The zero-order valence-electron chi connectivity index (χ0n) is 11.5. The molecule has 2 aliphatic carbocycles. The number of aromatic hydroxyl groups is 2. The van der Waals surface area contributed by atoms with E-state index < -0.39 is 10.0 Å². The van der Waals surface area contributed by atoms with Gasteiger partial charge in [-0.1, -0.05) is 24.3 Å². The van der Waals surface area contributed by atoms with Crippen LogP contribution in [0.5, 0.6) is 11.8 Å². The lowest BCUT2D eigenvalue weighted by Gasteiger charge is -2.13. The van der Waals surface area contributed by atoms with Gasteiger partial charge in [-0.2, -0.15) is 0 Å². The number of primary sulfonamides is 1. The van der Waals surface area contributed by atoms with Gasteiger partial charge in [0.15, 0.2) is 0 Å². The van der Waals surface area contributed by atoms with E-state index in [1.165, 1.54) is 12.1 Å². The Hall–Kier alpha value is -2.25. The minimum atomic E-state index is -3.98. The van der Waals surface area contributed by atoms with Gasteiger partial charge in [-0.3, -0.25) is 0 Å². The molecule has 0 radical (unpaired) electrons. The van der Waals surface area contributed by atoms with Crippen molar-refractivity contribution in [3.05, 3.63) is 47.5 Å². The Morgan fingerprint density at radius 3 is 2.14 bits per heavy atom. The van der Waals surface area contributed by atoms with E-state index in [-0.39, 0.29) is 34.2 Å². The van der Waals surface area contributed by atoms with Crippen LogP contribution in [0.15, 0.2) is 41.3 Å². The lowest BCUT2D eigenvalue weighted by molar-refractivity contribution is 0.394. The van der Waals surface area contributed by atoms with Crippen molar-refractivity contribution in [1.29, 1.82) is 0 Å². The molecule has 7 heteroatoms. The summed E-state index contributed by atoms with van der Waals surface area (Å²) in [6.45, 7) is 0. The van der Waals surface area contributed by atoms with Gasteiger partial charge in [-0.25, -0.2) is 18.1 Å². The molecule has 0 fully saturated rings. The summed E-state index contributed by atoms with van der Waals surface area (Å²) in [5, 5.41) is 26.3. The SMILES string of the molecule is NS(=O)(=O)c1ccccc1-n1c(O)c2c(c1O)C1C=CC2C1. The summed E-state index contributed by atoms with van der Waals surface area (Å²) in [6.07, 6.45) is 4.84. The molecule has 4 rings (SSSR count). The molecule has 2 atom stereocenters. The summed E-state index contributed by atoms with van der Waals surface area (Å²) >= 11 is 0. The van der Waals surface area contributed by atoms with Gasteiger partial charge in [0, 0.05) is 23.0 Å². The van der Waals surface area contributed by atoms with Crippen LogP contribution >= 0.6 is 0 Å². The zero-order chi connectivity index (χ0) is 15.6. The monoisotopic (exact) mass is 318 g/mol. The molecular formula is C15H14N2O4S. The predicted molar refractivity (Wildman–Crippen MR) is 79.7 cm³/mol. The number of benzene rings is 1. The number of nitrogens with zero attached hydrogens (tertiary/aromatic N) is 1. The fourth-order valence-corrected chi connectivity index (χ4v) is 4.27. The number of fused-ring (bicyclic) bond motifs is 5. The first-order valence-electron chi connectivity index (χ1n) is 6.86. The summed E-state index contributed by atoms with van der Waals surface area (Å²) in [6, 6.07) is 6.02. The zero-order valence-corrected chi connectivity index (χ0v) is 12.3. The molecular weight excluding hydrogens is 304 g/mol. The van der Waals surface area contributed by atoms with Gasteiger partial charge in [0.05, 0.1) is 5.69 Å². The minimum absolute atomic E-state index is 0.0637. The van der Waals surface area contributed by atoms with Gasteiger partial charge in [-0.05, 0) is 18.6 Å². The van der Waals surface area contributed by atoms with Crippen molar-refractivity contribution in [2.75, 3.05) is 0 Å². The Balaban J connectivity index is 2.02. The fourth-order valence-electron chi connectivity index (χ4n) is 3.55. The van der Waals surface area contributed by atoms with Crippen LogP contribution in [-0.2, 0) is 10.0 Å². The topological polar surface area (TPSA) is 106 Å². The molecule has 1 aromatic heterocycles. The number of hydrogen-bond donors (Lipinski definition) is 3. The second kappa shape index (κ2) is 4.15. The molecule has 0 amide bonds. The first kappa shape index (κ1) is 13.4. The molecule has 2 bridgehead atoms. The first-order valence-corrected chi connectivity index (χ1v) is 8.41. The Kier molecular flexibility index (Phi) is 2.53. The summed E-state index contributed by atoms with van der Waals surface area (Å²) in [5.41, 5.74) is 1.50. The summed E-state index contributed by atoms with van der Waals surface area (Å²) < 4.78 is 24.7. The van der Waals surface area contributed by atoms with E-state index in [4.69, 9.17) is 5.14 Å². The van der Waals surface area contributed by atoms with Crippen molar-refractivity contribution < 1.29 is 18.6 Å². The van der Waals surface area contributed by atoms with Crippen LogP contribution < -0.4 is 5.14 Å². The first-order chi connectivity index (χ1) is 10.4. The third-order valence-electron chi connectivity index (χ3n) is 4.43. The maximum absolute atomic E-state index is 11.8. The number of hydrogen-bond acceptors (Lipinski definition) is 4. The smallest absolute Gasteiger partial charge is 0.240 e. The molecule has 1 heterocycles. The fraction of sp³-hybridized carbons (Fsp3) is 0.200. The maximum Gasteiger partial charge on any atom is 0.240 e. The minimum Gasteiger partial charge on any atom is -0.494 e. The number of rotatable bonds is 2. The molecule has 2 aliphatic rings. The molecule has 2 unspecified atom stereocenters. The van der Waals surface area contributed by atoms with Crippen LogP contribution in [-0.4, -0.2) is 23.2 Å². The highest BCUT2D eigenvalue weighted by molar-refractivity contribution is 7.89. The van der Waals surface area contributed by atoms with E-state index in [1.807, 2.05) is 12.2 Å². The van der Waals surface area contributed by atoms with Crippen LogP contribution in [0.25, 0.3) is 5.69 Å². The Morgan fingerprint density at radius 1 is 1.05 bits per heavy atom. The highest BCUT2D eigenvalue weighted by Crippen LogP contribution is 2.57. The largest absolute Gasteiger partial charge is 0.494 e. The summed E-state index contributed by atoms with van der Waals surface area (Å²) in [7, 11) is -3.98. The normalized spacial score (nSPS) is 22.2. The number of aromatic nitrogens is 1. The number of allylic oxidation sites excluding steroid dienone is 2. The summed E-state index contributed by atoms with van der Waals surface area (Å²) in [5.74, 6) is -0.122. The maximum atomic E-state index is 11.8. The Labute approximate surface area is 127 Å². The quantitative estimate of drug-likeness (QED) is 0.732. The predicted octanol–water partition coefficient (Wildman–Crippen LogP) is 1.68. The van der Waals surface area contributed by atoms with Crippen LogP contribution in [0.4, 0.5) is 0 Å². The average molecular weight is 318 g/mol. The lowest BCUT2D eigenvalue weighted by atomic mass is 10.0. The molecule has 6 nitrogen and oxygen atoms in total. The van der Waals surface area contributed by atoms with E-state index in [1.54, 1.807) is 12.1 Å². The second-order valence-electron chi connectivity index (χ2n) is 5.66. The van der Waals surface area contributed by atoms with E-state index in [0.717, 1.165) is 11.0 Å². The van der Waals surface area contributed by atoms with Gasteiger partial charge < -0.3 is 10.2 Å². The van der Waals surface area contributed by atoms with Crippen LogP contribution in [0.1, 0.15) is 29.4 Å². The number of sulfonamides is 1. The van der Waals surface area contributed by atoms with Crippen LogP contribution in [0.3, 0.4) is 0 Å². The van der Waals surface area contributed by atoms with Crippen molar-refractivity contribution in [2.45, 2.75) is 23.2 Å². The Morgan fingerprint density at radius 2 is 1.59 bits per heavy atom. The van der Waals surface area contributed by atoms with Crippen molar-refractivity contribution >= 4 is 10.0 Å². The molecule has 22 heavy (non-hydrogen) atoms. The van der Waals surface area contributed by atoms with Crippen LogP contribution in [0, 0.1) is 0 Å². The van der Waals surface area contributed by atoms with Gasteiger partial charge in [0.2, 0.25) is 21.8 Å². The molecule has 114 valence electrons. The molecule has 0 aliphatic heterocycles. The van der Waals surface area contributed by atoms with E-state index in [9.17, 15) is 18.6 Å². The second-order valence-corrected chi connectivity index (χ2v) is 7.19. The number of nitrogens with two attached hydrogens (primary N) is 1. The average Bonchev–Trinajstić information content (AvgIpc) is 3.12. The standard InChI is InChI=1S/C15H14N2O4S/c16-22(20,21)11-4-2-1-3-10(11)17-14(18)12-8-5-6-9(7-8)13(12)15(17)19/h1-6,8-9,18-19H,7H2,(H2,16,20,21). The van der Waals surface area contributed by atoms with E-state index in [0.29, 0.717) is 11.1 Å². The lowest BCUT2D eigenvalue weighted by Crippen LogP contribution is -2.15. The van der Waals surface area contributed by atoms with Crippen molar-refractivity contribution in [1.82, 2.24) is 4.57 Å². The van der Waals surface area contributed by atoms with Crippen molar-refractivity contribution in [2.24, 2.45) is 5.14 Å². The van der Waals surface area contributed by atoms with Gasteiger partial charge in [0.1, 0.15) is 4.90 Å². The molecule has 0 saturated heterocycles. The van der Waals surface area contributed by atoms with Crippen molar-refractivity contribution in [3.63, 3.8) is 0 Å². The highest BCUT2D eigenvalue weighted by atomic mass is 32.2. The third kappa shape index (κ3) is 1.60. The molecule has 2 aromatic rings. The van der Waals surface area contributed by atoms with Gasteiger partial charge in [-0.15, -0.1) is 0 Å². The molecule has 0 spiro atoms. The van der Waals surface area contributed by atoms with Gasteiger partial charge >= 0.3 is 0 Å². The summed E-state index contributed by atoms with van der Waals surface area (Å²) in [4.78, 5) is -0.144. The van der Waals surface area contributed by atoms with Crippen LogP contribution in [0.2, 0.25) is 0 Å². The number of para-hydroxylation sites is 1. The van der Waals surface area contributed by atoms with E-state index in [2.05, 4.69) is 0 Å². The third-order valence-corrected chi connectivity index (χ3v) is 5.39.